The molecule has 3 nitrogen and oxygen atoms in total. The predicted molar refractivity (Wildman–Crippen MR) is 73.7 cm³/mol. The van der Waals surface area contributed by atoms with Gasteiger partial charge in [-0.3, -0.25) is 0 Å². The molecule has 2 rings (SSSR count). The summed E-state index contributed by atoms with van der Waals surface area (Å²) in [6.45, 7) is 3.88. The molecule has 0 fully saturated rings. The molecule has 0 amide bonds. The molecule has 0 spiro atoms. The largest absolute Gasteiger partial charge is 0.454 e. The first kappa shape index (κ1) is 12.1. The van der Waals surface area contributed by atoms with Crippen molar-refractivity contribution in [3.63, 3.8) is 0 Å². The van der Waals surface area contributed by atoms with E-state index >= 15 is 0 Å². The maximum absolute atomic E-state index is 5.47. The number of hydrogen-bond donors (Lipinski definition) is 1. The molecule has 1 N–H and O–H groups in total. The molecule has 0 aliphatic carbocycles. The Morgan fingerprint density at radius 1 is 1.56 bits per heavy atom. The average molecular weight is 348 g/mol. The molecule has 1 unspecified atom stereocenters. The SMILES string of the molecule is CC(CNCc1ccc(I)o1)c1nccs1. The van der Waals surface area contributed by atoms with Gasteiger partial charge in [0.15, 0.2) is 3.77 Å². The molecular formula is C11H13IN2OS. The highest BCUT2D eigenvalue weighted by molar-refractivity contribution is 14.1. The summed E-state index contributed by atoms with van der Waals surface area (Å²) in [5.41, 5.74) is 0. The van der Waals surface area contributed by atoms with E-state index in [0.29, 0.717) is 5.92 Å². The van der Waals surface area contributed by atoms with Crippen molar-refractivity contribution in [2.75, 3.05) is 6.54 Å². The van der Waals surface area contributed by atoms with Crippen LogP contribution >= 0.6 is 33.9 Å². The monoisotopic (exact) mass is 348 g/mol. The number of halogens is 1. The van der Waals surface area contributed by atoms with Crippen molar-refractivity contribution >= 4 is 33.9 Å². The summed E-state index contributed by atoms with van der Waals surface area (Å²) in [6, 6.07) is 3.98. The number of nitrogens with zero attached hydrogens (tertiary/aromatic N) is 1. The molecule has 2 aromatic rings. The predicted octanol–water partition coefficient (Wildman–Crippen LogP) is 3.23. The second-order valence-electron chi connectivity index (χ2n) is 3.61. The Morgan fingerprint density at radius 3 is 3.06 bits per heavy atom. The molecule has 0 aliphatic heterocycles. The molecular weight excluding hydrogens is 335 g/mol. The summed E-state index contributed by atoms with van der Waals surface area (Å²) in [7, 11) is 0. The summed E-state index contributed by atoms with van der Waals surface area (Å²) in [4.78, 5) is 4.30. The summed E-state index contributed by atoms with van der Waals surface area (Å²) in [5.74, 6) is 1.43. The topological polar surface area (TPSA) is 38.1 Å². The smallest absolute Gasteiger partial charge is 0.164 e. The maximum atomic E-state index is 5.47. The fourth-order valence-electron chi connectivity index (χ4n) is 1.42. The van der Waals surface area contributed by atoms with Crippen LogP contribution in [0, 0.1) is 3.77 Å². The molecule has 0 radical (unpaired) electrons. The van der Waals surface area contributed by atoms with Gasteiger partial charge in [0.25, 0.3) is 0 Å². The number of rotatable bonds is 5. The number of nitrogens with one attached hydrogen (secondary N) is 1. The van der Waals surface area contributed by atoms with Crippen LogP contribution < -0.4 is 5.32 Å². The van der Waals surface area contributed by atoms with Crippen LogP contribution in [-0.4, -0.2) is 11.5 Å². The Balaban J connectivity index is 1.76. The number of aromatic nitrogens is 1. The third-order valence-corrected chi connectivity index (χ3v) is 3.84. The van der Waals surface area contributed by atoms with E-state index < -0.39 is 0 Å². The van der Waals surface area contributed by atoms with Crippen LogP contribution in [0.15, 0.2) is 28.1 Å². The highest BCUT2D eigenvalue weighted by Gasteiger charge is 2.07. The molecule has 86 valence electrons. The second-order valence-corrected chi connectivity index (χ2v) is 5.60. The molecule has 0 saturated heterocycles. The summed E-state index contributed by atoms with van der Waals surface area (Å²) in [5, 5.41) is 6.57. The highest BCUT2D eigenvalue weighted by atomic mass is 127. The molecule has 1 atom stereocenters. The van der Waals surface area contributed by atoms with E-state index in [1.165, 1.54) is 5.01 Å². The van der Waals surface area contributed by atoms with Crippen molar-refractivity contribution in [1.29, 1.82) is 0 Å². The third-order valence-electron chi connectivity index (χ3n) is 2.25. The van der Waals surface area contributed by atoms with E-state index in [4.69, 9.17) is 4.42 Å². The maximum Gasteiger partial charge on any atom is 0.164 e. The minimum Gasteiger partial charge on any atom is -0.454 e. The van der Waals surface area contributed by atoms with Crippen molar-refractivity contribution in [2.45, 2.75) is 19.4 Å². The molecule has 2 aromatic heterocycles. The van der Waals surface area contributed by atoms with Crippen molar-refractivity contribution in [1.82, 2.24) is 10.3 Å². The Bertz CT molecular complexity index is 427. The normalized spacial score (nSPS) is 12.9. The van der Waals surface area contributed by atoms with Crippen LogP contribution in [0.3, 0.4) is 0 Å². The zero-order chi connectivity index (χ0) is 11.4. The van der Waals surface area contributed by atoms with E-state index in [2.05, 4.69) is 39.8 Å². The van der Waals surface area contributed by atoms with Crippen molar-refractivity contribution in [2.24, 2.45) is 0 Å². The van der Waals surface area contributed by atoms with Gasteiger partial charge in [0.05, 0.1) is 11.6 Å². The van der Waals surface area contributed by atoms with Gasteiger partial charge in [0.1, 0.15) is 5.76 Å². The average Bonchev–Trinajstić information content (AvgIpc) is 2.89. The van der Waals surface area contributed by atoms with Crippen molar-refractivity contribution < 1.29 is 4.42 Å². The van der Waals surface area contributed by atoms with E-state index in [1.54, 1.807) is 11.3 Å². The Kier molecular flexibility index (Phi) is 4.37. The van der Waals surface area contributed by atoms with Gasteiger partial charge >= 0.3 is 0 Å². The van der Waals surface area contributed by atoms with Gasteiger partial charge in [0.2, 0.25) is 0 Å². The minimum absolute atomic E-state index is 0.453. The molecule has 0 aliphatic rings. The van der Waals surface area contributed by atoms with Crippen molar-refractivity contribution in [3.8, 4) is 0 Å². The van der Waals surface area contributed by atoms with E-state index in [1.807, 2.05) is 23.7 Å². The van der Waals surface area contributed by atoms with Crippen LogP contribution in [0.4, 0.5) is 0 Å². The first-order valence-corrected chi connectivity index (χ1v) is 7.06. The fraction of sp³-hybridized carbons (Fsp3) is 0.364. The van der Waals surface area contributed by atoms with E-state index in [-0.39, 0.29) is 0 Å². The quantitative estimate of drug-likeness (QED) is 0.843. The lowest BCUT2D eigenvalue weighted by atomic mass is 10.2. The summed E-state index contributed by atoms with van der Waals surface area (Å²) >= 11 is 3.88. The van der Waals surface area contributed by atoms with Crippen LogP contribution in [0.1, 0.15) is 23.6 Å². The number of furan rings is 1. The van der Waals surface area contributed by atoms with Crippen LogP contribution in [-0.2, 0) is 6.54 Å². The molecule has 5 heteroatoms. The van der Waals surface area contributed by atoms with Crippen LogP contribution in [0.25, 0.3) is 0 Å². The standard InChI is InChI=1S/C11H13IN2OS/c1-8(11-14-4-5-16-11)6-13-7-9-2-3-10(12)15-9/h2-5,8,13H,6-7H2,1H3. The minimum atomic E-state index is 0.453. The molecule has 0 saturated carbocycles. The number of hydrogen-bond acceptors (Lipinski definition) is 4. The van der Waals surface area contributed by atoms with Gasteiger partial charge in [-0.15, -0.1) is 11.3 Å². The first-order chi connectivity index (χ1) is 7.75. The van der Waals surface area contributed by atoms with Crippen LogP contribution in [0.5, 0.6) is 0 Å². The Morgan fingerprint density at radius 2 is 2.44 bits per heavy atom. The van der Waals surface area contributed by atoms with Crippen LogP contribution in [0.2, 0.25) is 0 Å². The van der Waals surface area contributed by atoms with E-state index in [9.17, 15) is 0 Å². The highest BCUT2D eigenvalue weighted by Crippen LogP contribution is 2.16. The molecule has 0 bridgehead atoms. The molecule has 16 heavy (non-hydrogen) atoms. The van der Waals surface area contributed by atoms with Crippen molar-refractivity contribution in [3.05, 3.63) is 38.2 Å². The zero-order valence-electron chi connectivity index (χ0n) is 8.94. The molecule has 0 aromatic carbocycles. The summed E-state index contributed by atoms with van der Waals surface area (Å²) in [6.07, 6.45) is 1.85. The van der Waals surface area contributed by atoms with Gasteiger partial charge in [0, 0.05) is 24.0 Å². The van der Waals surface area contributed by atoms with Gasteiger partial charge in [-0.2, -0.15) is 0 Å². The van der Waals surface area contributed by atoms with Gasteiger partial charge in [-0.25, -0.2) is 4.98 Å². The van der Waals surface area contributed by atoms with Gasteiger partial charge in [-0.05, 0) is 34.7 Å². The summed E-state index contributed by atoms with van der Waals surface area (Å²) < 4.78 is 6.40. The zero-order valence-corrected chi connectivity index (χ0v) is 11.9. The fourth-order valence-corrected chi connectivity index (χ4v) is 2.58. The van der Waals surface area contributed by atoms with Gasteiger partial charge < -0.3 is 9.73 Å². The lowest BCUT2D eigenvalue weighted by Gasteiger charge is -2.08. The number of thiazole rings is 1. The Labute approximate surface area is 112 Å². The molecule has 2 heterocycles. The van der Waals surface area contributed by atoms with E-state index in [0.717, 1.165) is 22.6 Å². The third kappa shape index (κ3) is 3.29. The Hall–Kier alpha value is -0.400. The van der Waals surface area contributed by atoms with Gasteiger partial charge in [-0.1, -0.05) is 6.92 Å². The second kappa shape index (κ2) is 5.79. The lowest BCUT2D eigenvalue weighted by molar-refractivity contribution is 0.458. The first-order valence-electron chi connectivity index (χ1n) is 5.10. The lowest BCUT2D eigenvalue weighted by Crippen LogP contribution is -2.19.